The number of carbonyl (C=O) groups is 1. The van der Waals surface area contributed by atoms with E-state index in [1.807, 2.05) is 0 Å². The highest BCUT2D eigenvalue weighted by Crippen LogP contribution is 1.91. The second-order valence-electron chi connectivity index (χ2n) is 2.02. The maximum absolute atomic E-state index is 10.7. The van der Waals surface area contributed by atoms with Crippen molar-refractivity contribution in [3.63, 3.8) is 0 Å². The Labute approximate surface area is 72.1 Å². The first kappa shape index (κ1) is 13.3. The Hall–Kier alpha value is -0.320. The fourth-order valence-corrected chi connectivity index (χ4v) is 0.435. The molecular weight excluding hydrogens is 170 g/mol. The third-order valence-electron chi connectivity index (χ3n) is 1.08. The van der Waals surface area contributed by atoms with Crippen molar-refractivity contribution in [1.29, 1.82) is 0 Å². The van der Waals surface area contributed by atoms with Crippen molar-refractivity contribution < 1.29 is 14.6 Å². The van der Waals surface area contributed by atoms with Crippen molar-refractivity contribution in [2.45, 2.75) is 26.0 Å². The van der Waals surface area contributed by atoms with Gasteiger partial charge in [-0.2, -0.15) is 0 Å². The molecule has 0 radical (unpaired) electrons. The quantitative estimate of drug-likeness (QED) is 0.589. The topological polar surface area (TPSA) is 72.5 Å². The van der Waals surface area contributed by atoms with Gasteiger partial charge >= 0.3 is 5.97 Å². The number of rotatable bonds is 3. The van der Waals surface area contributed by atoms with Gasteiger partial charge in [0.15, 0.2) is 0 Å². The molecule has 1 unspecified atom stereocenters. The lowest BCUT2D eigenvalue weighted by Gasteiger charge is -2.11. The van der Waals surface area contributed by atoms with Crippen LogP contribution in [-0.2, 0) is 9.53 Å². The van der Waals surface area contributed by atoms with Crippen LogP contribution >= 0.6 is 12.4 Å². The van der Waals surface area contributed by atoms with Gasteiger partial charge in [-0.3, -0.25) is 4.79 Å². The van der Waals surface area contributed by atoms with Crippen molar-refractivity contribution in [2.75, 3.05) is 6.61 Å². The zero-order valence-electron chi connectivity index (χ0n) is 6.61. The van der Waals surface area contributed by atoms with Crippen LogP contribution in [0.5, 0.6) is 0 Å². The minimum Gasteiger partial charge on any atom is -0.465 e. The van der Waals surface area contributed by atoms with E-state index in [1.54, 1.807) is 6.92 Å². The Morgan fingerprint density at radius 1 is 1.73 bits per heavy atom. The number of hydrogen-bond acceptors (Lipinski definition) is 4. The fourth-order valence-electron chi connectivity index (χ4n) is 0.435. The number of carbonyl (C=O) groups excluding carboxylic acids is 1. The Morgan fingerprint density at radius 2 is 2.18 bits per heavy atom. The van der Waals surface area contributed by atoms with Gasteiger partial charge in [-0.05, 0) is 13.8 Å². The van der Waals surface area contributed by atoms with Crippen LogP contribution in [-0.4, -0.2) is 29.8 Å². The molecule has 0 saturated heterocycles. The SMILES string of the molecule is CCOC(=O)[C@H](N)C(C)O.Cl. The van der Waals surface area contributed by atoms with Gasteiger partial charge in [-0.15, -0.1) is 12.4 Å². The van der Waals surface area contributed by atoms with Crippen LogP contribution in [0, 0.1) is 0 Å². The molecule has 0 fully saturated rings. The minimum atomic E-state index is -0.917. The van der Waals surface area contributed by atoms with E-state index in [2.05, 4.69) is 4.74 Å². The molecule has 0 spiro atoms. The van der Waals surface area contributed by atoms with Crippen LogP contribution in [0.2, 0.25) is 0 Å². The van der Waals surface area contributed by atoms with Crippen LogP contribution in [0.15, 0.2) is 0 Å². The first-order chi connectivity index (χ1) is 4.59. The predicted molar refractivity (Wildman–Crippen MR) is 43.5 cm³/mol. The molecule has 0 amide bonds. The summed E-state index contributed by atoms with van der Waals surface area (Å²) in [6, 6.07) is -0.917. The molecule has 5 heteroatoms. The van der Waals surface area contributed by atoms with E-state index in [0.717, 1.165) is 0 Å². The Bertz CT molecular complexity index is 118. The summed E-state index contributed by atoms with van der Waals surface area (Å²) < 4.78 is 4.54. The molecule has 0 bridgehead atoms. The summed E-state index contributed by atoms with van der Waals surface area (Å²) in [4.78, 5) is 10.7. The minimum absolute atomic E-state index is 0. The Morgan fingerprint density at radius 3 is 2.45 bits per heavy atom. The normalized spacial score (nSPS) is 14.5. The second kappa shape index (κ2) is 6.39. The molecule has 0 aliphatic carbocycles. The number of nitrogens with two attached hydrogens (primary N) is 1. The number of aliphatic hydroxyl groups excluding tert-OH is 1. The summed E-state index contributed by atoms with van der Waals surface area (Å²) in [5.74, 6) is -0.558. The number of aliphatic hydroxyl groups is 1. The average Bonchev–Trinajstić information content (AvgIpc) is 1.87. The molecule has 0 aromatic heterocycles. The molecule has 0 rings (SSSR count). The van der Waals surface area contributed by atoms with E-state index in [1.165, 1.54) is 6.92 Å². The van der Waals surface area contributed by atoms with Crippen molar-refractivity contribution in [1.82, 2.24) is 0 Å². The van der Waals surface area contributed by atoms with Crippen LogP contribution in [0.1, 0.15) is 13.8 Å². The lowest BCUT2D eigenvalue weighted by atomic mass is 10.2. The predicted octanol–water partition coefficient (Wildman–Crippen LogP) is -0.321. The zero-order valence-corrected chi connectivity index (χ0v) is 7.43. The van der Waals surface area contributed by atoms with Crippen LogP contribution in [0.4, 0.5) is 0 Å². The van der Waals surface area contributed by atoms with Crippen LogP contribution < -0.4 is 5.73 Å². The van der Waals surface area contributed by atoms with Crippen molar-refractivity contribution in [2.24, 2.45) is 5.73 Å². The van der Waals surface area contributed by atoms with Gasteiger partial charge in [0.1, 0.15) is 6.04 Å². The molecule has 0 saturated carbocycles. The summed E-state index contributed by atoms with van der Waals surface area (Å²) in [6.45, 7) is 3.42. The van der Waals surface area contributed by atoms with Gasteiger partial charge in [-0.1, -0.05) is 0 Å². The highest BCUT2D eigenvalue weighted by Gasteiger charge is 2.19. The maximum atomic E-state index is 10.7. The van der Waals surface area contributed by atoms with Crippen molar-refractivity contribution in [3.8, 4) is 0 Å². The number of ether oxygens (including phenoxy) is 1. The van der Waals surface area contributed by atoms with E-state index in [-0.39, 0.29) is 12.4 Å². The van der Waals surface area contributed by atoms with E-state index >= 15 is 0 Å². The van der Waals surface area contributed by atoms with Crippen molar-refractivity contribution in [3.05, 3.63) is 0 Å². The molecule has 3 N–H and O–H groups in total. The molecule has 2 atom stereocenters. The van der Waals surface area contributed by atoms with Gasteiger partial charge in [0.05, 0.1) is 12.7 Å². The number of hydrogen-bond donors (Lipinski definition) is 2. The summed E-state index contributed by atoms with van der Waals surface area (Å²) in [5.41, 5.74) is 5.22. The van der Waals surface area contributed by atoms with Gasteiger partial charge in [0, 0.05) is 0 Å². The molecule has 0 aromatic carbocycles. The molecule has 0 aromatic rings. The summed E-state index contributed by atoms with van der Waals surface area (Å²) >= 11 is 0. The molecule has 4 nitrogen and oxygen atoms in total. The highest BCUT2D eigenvalue weighted by molar-refractivity contribution is 5.85. The van der Waals surface area contributed by atoms with Gasteiger partial charge in [0.25, 0.3) is 0 Å². The number of esters is 1. The van der Waals surface area contributed by atoms with E-state index in [9.17, 15) is 4.79 Å². The zero-order chi connectivity index (χ0) is 8.15. The molecule has 11 heavy (non-hydrogen) atoms. The highest BCUT2D eigenvalue weighted by atomic mass is 35.5. The third kappa shape index (κ3) is 5.01. The molecule has 0 aliphatic rings. The largest absolute Gasteiger partial charge is 0.465 e. The van der Waals surface area contributed by atoms with Gasteiger partial charge in [0.2, 0.25) is 0 Å². The van der Waals surface area contributed by atoms with E-state index < -0.39 is 18.1 Å². The molecule has 68 valence electrons. The van der Waals surface area contributed by atoms with Crippen LogP contribution in [0.3, 0.4) is 0 Å². The summed E-state index contributed by atoms with van der Waals surface area (Å²) in [5, 5.41) is 8.79. The molecule has 0 aliphatic heterocycles. The fraction of sp³-hybridized carbons (Fsp3) is 0.833. The summed E-state index contributed by atoms with van der Waals surface area (Å²) in [7, 11) is 0. The average molecular weight is 184 g/mol. The maximum Gasteiger partial charge on any atom is 0.325 e. The van der Waals surface area contributed by atoms with Gasteiger partial charge < -0.3 is 15.6 Å². The standard InChI is InChI=1S/C6H13NO3.ClH/c1-3-10-6(9)5(7)4(2)8;/h4-5,8H,3,7H2,1-2H3;1H/t4?,5-;/m1./s1. The Balaban J connectivity index is 0. The molecular formula is C6H14ClNO3. The lowest BCUT2D eigenvalue weighted by Crippen LogP contribution is -2.41. The number of halogens is 1. The van der Waals surface area contributed by atoms with Crippen molar-refractivity contribution >= 4 is 18.4 Å². The smallest absolute Gasteiger partial charge is 0.325 e. The monoisotopic (exact) mass is 183 g/mol. The van der Waals surface area contributed by atoms with Crippen LogP contribution in [0.25, 0.3) is 0 Å². The van der Waals surface area contributed by atoms with E-state index in [4.69, 9.17) is 10.8 Å². The lowest BCUT2D eigenvalue weighted by molar-refractivity contribution is -0.147. The Kier molecular flexibility index (Phi) is 7.72. The molecule has 0 heterocycles. The first-order valence-electron chi connectivity index (χ1n) is 3.19. The third-order valence-corrected chi connectivity index (χ3v) is 1.08. The second-order valence-corrected chi connectivity index (χ2v) is 2.02. The first-order valence-corrected chi connectivity index (χ1v) is 3.19. The van der Waals surface area contributed by atoms with E-state index in [0.29, 0.717) is 6.61 Å². The van der Waals surface area contributed by atoms with Gasteiger partial charge in [-0.25, -0.2) is 0 Å². The summed E-state index contributed by atoms with van der Waals surface area (Å²) in [6.07, 6.45) is -0.848.